The normalized spacial score (nSPS) is 11.0. The molecule has 0 spiro atoms. The third-order valence-electron chi connectivity index (χ3n) is 1.54. The number of rotatable bonds is 6. The second-order valence-corrected chi connectivity index (χ2v) is 2.66. The molecule has 0 unspecified atom stereocenters. The Bertz CT molecular complexity index is 180. The maximum absolute atomic E-state index is 12.3. The monoisotopic (exact) mass is 194 g/mol. The second-order valence-electron chi connectivity index (χ2n) is 2.66. The van der Waals surface area contributed by atoms with Crippen molar-refractivity contribution >= 4 is 12.3 Å². The number of ether oxygens (including phenoxy) is 1. The van der Waals surface area contributed by atoms with E-state index in [4.69, 9.17) is 0 Å². The molecule has 0 rings (SSSR count). The number of carbonyl (C=O) groups is 2. The van der Waals surface area contributed by atoms with Crippen molar-refractivity contribution in [1.82, 2.24) is 0 Å². The van der Waals surface area contributed by atoms with Gasteiger partial charge in [-0.15, -0.1) is 0 Å². The first-order valence-electron chi connectivity index (χ1n) is 3.93. The molecule has 0 heterocycles. The van der Waals surface area contributed by atoms with E-state index in [0.717, 1.165) is 0 Å². The fourth-order valence-corrected chi connectivity index (χ4v) is 0.791. The van der Waals surface area contributed by atoms with Crippen LogP contribution in [0.25, 0.3) is 0 Å². The number of aldehydes is 1. The van der Waals surface area contributed by atoms with Crippen molar-refractivity contribution in [3.8, 4) is 0 Å². The number of alkyl halides is 2. The molecule has 0 saturated carbocycles. The van der Waals surface area contributed by atoms with E-state index in [1.165, 1.54) is 7.11 Å². The summed E-state index contributed by atoms with van der Waals surface area (Å²) >= 11 is 0. The summed E-state index contributed by atoms with van der Waals surface area (Å²) in [5.74, 6) is -3.68. The van der Waals surface area contributed by atoms with Crippen LogP contribution >= 0.6 is 0 Å². The smallest absolute Gasteiger partial charge is 0.305 e. The molecular weight excluding hydrogens is 182 g/mol. The zero-order valence-electron chi connectivity index (χ0n) is 7.39. The molecule has 0 aliphatic carbocycles. The van der Waals surface area contributed by atoms with E-state index in [1.807, 2.05) is 0 Å². The Balaban J connectivity index is 3.46. The number of carbonyl (C=O) groups excluding carboxylic acids is 2. The first-order chi connectivity index (χ1) is 6.02. The average Bonchev–Trinajstić information content (AvgIpc) is 2.12. The van der Waals surface area contributed by atoms with E-state index in [9.17, 15) is 18.4 Å². The van der Waals surface area contributed by atoms with Crippen LogP contribution in [0.3, 0.4) is 0 Å². The molecule has 0 N–H and O–H groups in total. The van der Waals surface area contributed by atoms with Crippen LogP contribution in [-0.4, -0.2) is 25.3 Å². The number of methoxy groups -OCH3 is 1. The Labute approximate surface area is 75.1 Å². The number of unbranched alkanes of at least 4 members (excludes halogenated alkanes) is 1. The van der Waals surface area contributed by atoms with E-state index >= 15 is 0 Å². The number of halogens is 2. The van der Waals surface area contributed by atoms with Gasteiger partial charge < -0.3 is 4.74 Å². The fourth-order valence-electron chi connectivity index (χ4n) is 0.791. The summed E-state index contributed by atoms with van der Waals surface area (Å²) in [5.41, 5.74) is 0. The minimum atomic E-state index is -3.25. The number of esters is 1. The van der Waals surface area contributed by atoms with Crippen LogP contribution in [0.1, 0.15) is 25.7 Å². The molecule has 0 aromatic heterocycles. The topological polar surface area (TPSA) is 43.4 Å². The summed E-state index contributed by atoms with van der Waals surface area (Å²) in [6.07, 6.45) is -0.305. The second kappa shape index (κ2) is 5.61. The van der Waals surface area contributed by atoms with Crippen LogP contribution in [0.2, 0.25) is 0 Å². The minimum Gasteiger partial charge on any atom is -0.469 e. The van der Waals surface area contributed by atoms with Crippen LogP contribution < -0.4 is 0 Å². The highest BCUT2D eigenvalue weighted by molar-refractivity contribution is 5.69. The van der Waals surface area contributed by atoms with Crippen molar-refractivity contribution in [2.24, 2.45) is 0 Å². The lowest BCUT2D eigenvalue weighted by Gasteiger charge is -2.07. The highest BCUT2D eigenvalue weighted by atomic mass is 19.3. The maximum Gasteiger partial charge on any atom is 0.305 e. The molecule has 0 aliphatic rings. The van der Waals surface area contributed by atoms with Gasteiger partial charge in [-0.05, 0) is 12.8 Å². The van der Waals surface area contributed by atoms with Gasteiger partial charge in [-0.1, -0.05) is 0 Å². The summed E-state index contributed by atoms with van der Waals surface area (Å²) < 4.78 is 28.9. The summed E-state index contributed by atoms with van der Waals surface area (Å²) in [4.78, 5) is 20.3. The molecule has 0 fully saturated rings. The zero-order chi connectivity index (χ0) is 10.3. The van der Waals surface area contributed by atoms with Gasteiger partial charge in [-0.2, -0.15) is 8.78 Å². The van der Waals surface area contributed by atoms with Crippen molar-refractivity contribution in [3.05, 3.63) is 0 Å². The lowest BCUT2D eigenvalue weighted by Crippen LogP contribution is -2.17. The Morgan fingerprint density at radius 1 is 1.46 bits per heavy atom. The molecule has 0 saturated heterocycles. The van der Waals surface area contributed by atoms with Gasteiger partial charge in [0.15, 0.2) is 6.29 Å². The number of hydrogen-bond donors (Lipinski definition) is 0. The molecular formula is C8H12F2O3. The molecule has 5 heteroatoms. The molecule has 13 heavy (non-hydrogen) atoms. The standard InChI is InChI=1S/C8H12F2O3/c1-13-7(12)4-2-3-5-8(9,10)6-11/h6H,2-5H2,1H3. The molecule has 0 aliphatic heterocycles. The van der Waals surface area contributed by atoms with Crippen molar-refractivity contribution < 1.29 is 23.1 Å². The minimum absolute atomic E-state index is 0.117. The summed E-state index contributed by atoms with van der Waals surface area (Å²) in [7, 11) is 1.24. The van der Waals surface area contributed by atoms with E-state index in [-0.39, 0.29) is 19.1 Å². The van der Waals surface area contributed by atoms with Gasteiger partial charge in [0.2, 0.25) is 0 Å². The van der Waals surface area contributed by atoms with Crippen molar-refractivity contribution in [3.63, 3.8) is 0 Å². The quantitative estimate of drug-likeness (QED) is 0.366. The highest BCUT2D eigenvalue weighted by Crippen LogP contribution is 2.18. The van der Waals surface area contributed by atoms with Gasteiger partial charge in [-0.25, -0.2) is 0 Å². The zero-order valence-corrected chi connectivity index (χ0v) is 7.39. The van der Waals surface area contributed by atoms with E-state index in [0.29, 0.717) is 6.42 Å². The molecule has 0 aromatic carbocycles. The van der Waals surface area contributed by atoms with Crippen molar-refractivity contribution in [2.45, 2.75) is 31.6 Å². The number of hydrogen-bond acceptors (Lipinski definition) is 3. The largest absolute Gasteiger partial charge is 0.469 e. The molecule has 0 bridgehead atoms. The molecule has 76 valence electrons. The first-order valence-corrected chi connectivity index (χ1v) is 3.93. The van der Waals surface area contributed by atoms with Crippen LogP contribution in [0.15, 0.2) is 0 Å². The Kier molecular flexibility index (Phi) is 5.18. The highest BCUT2D eigenvalue weighted by Gasteiger charge is 2.26. The van der Waals surface area contributed by atoms with Gasteiger partial charge in [0.1, 0.15) is 0 Å². The summed E-state index contributed by atoms with van der Waals surface area (Å²) in [6.45, 7) is 0. The third kappa shape index (κ3) is 6.19. The summed E-state index contributed by atoms with van der Waals surface area (Å²) in [5, 5.41) is 0. The van der Waals surface area contributed by atoms with E-state index in [2.05, 4.69) is 4.74 Å². The summed E-state index contributed by atoms with van der Waals surface area (Å²) in [6, 6.07) is 0. The lowest BCUT2D eigenvalue weighted by molar-refractivity contribution is -0.140. The van der Waals surface area contributed by atoms with E-state index < -0.39 is 18.3 Å². The molecule has 3 nitrogen and oxygen atoms in total. The van der Waals surface area contributed by atoms with Gasteiger partial charge in [0.25, 0.3) is 0 Å². The Morgan fingerprint density at radius 3 is 2.54 bits per heavy atom. The average molecular weight is 194 g/mol. The SMILES string of the molecule is COC(=O)CCCCC(F)(F)C=O. The Morgan fingerprint density at radius 2 is 2.08 bits per heavy atom. The van der Waals surface area contributed by atoms with Crippen molar-refractivity contribution in [2.75, 3.05) is 7.11 Å². The first kappa shape index (κ1) is 12.0. The molecule has 0 radical (unpaired) electrons. The molecule has 0 amide bonds. The van der Waals surface area contributed by atoms with Gasteiger partial charge in [-0.3, -0.25) is 9.59 Å². The molecule has 0 atom stereocenters. The van der Waals surface area contributed by atoms with Crippen LogP contribution in [-0.2, 0) is 14.3 Å². The van der Waals surface area contributed by atoms with E-state index in [1.54, 1.807) is 0 Å². The van der Waals surface area contributed by atoms with Crippen LogP contribution in [0.4, 0.5) is 8.78 Å². The van der Waals surface area contributed by atoms with Gasteiger partial charge >= 0.3 is 11.9 Å². The fraction of sp³-hybridized carbons (Fsp3) is 0.750. The predicted octanol–water partition coefficient (Wildman–Crippen LogP) is 1.55. The third-order valence-corrected chi connectivity index (χ3v) is 1.54. The van der Waals surface area contributed by atoms with Crippen LogP contribution in [0, 0.1) is 0 Å². The Hall–Kier alpha value is -1.00. The lowest BCUT2D eigenvalue weighted by atomic mass is 10.1. The van der Waals surface area contributed by atoms with Gasteiger partial charge in [0.05, 0.1) is 7.11 Å². The van der Waals surface area contributed by atoms with Crippen molar-refractivity contribution in [1.29, 1.82) is 0 Å². The van der Waals surface area contributed by atoms with Crippen LogP contribution in [0.5, 0.6) is 0 Å². The predicted molar refractivity (Wildman–Crippen MR) is 41.5 cm³/mol. The van der Waals surface area contributed by atoms with Gasteiger partial charge in [0, 0.05) is 12.8 Å². The maximum atomic E-state index is 12.3. The molecule has 0 aromatic rings.